The lowest BCUT2D eigenvalue weighted by atomic mass is 10.1. The number of carbonyl (C=O) groups is 2. The number of hydrogen-bond acceptors (Lipinski definition) is 4. The zero-order valence-corrected chi connectivity index (χ0v) is 10.9. The molecule has 0 unspecified atom stereocenters. The molecular formula is C15H13NO4. The summed E-state index contributed by atoms with van der Waals surface area (Å²) >= 11 is 0. The smallest absolute Gasteiger partial charge is 0.337 e. The monoisotopic (exact) mass is 271 g/mol. The first-order valence-corrected chi connectivity index (χ1v) is 6.09. The molecule has 102 valence electrons. The van der Waals surface area contributed by atoms with Crippen LogP contribution in [0.2, 0.25) is 0 Å². The molecule has 1 heterocycles. The van der Waals surface area contributed by atoms with Crippen molar-refractivity contribution >= 4 is 11.8 Å². The second-order valence-electron chi connectivity index (χ2n) is 4.12. The number of carboxylic acid groups (broad SMARTS) is 1. The van der Waals surface area contributed by atoms with E-state index in [0.717, 1.165) is 0 Å². The minimum Gasteiger partial charge on any atom is -0.478 e. The lowest BCUT2D eigenvalue weighted by molar-refractivity contribution is 0.0695. The third-order valence-electron chi connectivity index (χ3n) is 2.69. The molecule has 5 heteroatoms. The summed E-state index contributed by atoms with van der Waals surface area (Å²) in [6, 6.07) is 8.07. The number of pyridine rings is 1. The standard InChI is InChI=1S/C15H13NO4/c1-2-14(17)10-3-5-12(6-4-10)20-13-7-11(15(18)19)8-16-9-13/h3-9H,2H2,1H3,(H,18,19). The van der Waals surface area contributed by atoms with Crippen LogP contribution < -0.4 is 4.74 Å². The van der Waals surface area contributed by atoms with Crippen LogP contribution in [0.1, 0.15) is 34.1 Å². The molecule has 1 aromatic carbocycles. The van der Waals surface area contributed by atoms with E-state index in [1.165, 1.54) is 18.5 Å². The first-order chi connectivity index (χ1) is 9.60. The highest BCUT2D eigenvalue weighted by Gasteiger charge is 2.07. The zero-order chi connectivity index (χ0) is 14.5. The molecule has 0 atom stereocenters. The number of nitrogens with zero attached hydrogens (tertiary/aromatic N) is 1. The van der Waals surface area contributed by atoms with Gasteiger partial charge in [-0.25, -0.2) is 4.79 Å². The van der Waals surface area contributed by atoms with E-state index in [0.29, 0.717) is 23.5 Å². The van der Waals surface area contributed by atoms with Crippen LogP contribution in [0.15, 0.2) is 42.7 Å². The van der Waals surface area contributed by atoms with Gasteiger partial charge in [0.25, 0.3) is 0 Å². The molecule has 0 aliphatic heterocycles. The van der Waals surface area contributed by atoms with Gasteiger partial charge in [-0.15, -0.1) is 0 Å². The summed E-state index contributed by atoms with van der Waals surface area (Å²) in [5.41, 5.74) is 0.678. The van der Waals surface area contributed by atoms with Crippen LogP contribution >= 0.6 is 0 Å². The number of rotatable bonds is 5. The SMILES string of the molecule is CCC(=O)c1ccc(Oc2cncc(C(=O)O)c2)cc1. The minimum absolute atomic E-state index is 0.0558. The zero-order valence-electron chi connectivity index (χ0n) is 10.9. The molecule has 0 aliphatic carbocycles. The number of hydrogen-bond donors (Lipinski definition) is 1. The Kier molecular flexibility index (Phi) is 4.10. The Labute approximate surface area is 115 Å². The van der Waals surface area contributed by atoms with Crippen molar-refractivity contribution in [2.75, 3.05) is 0 Å². The first kappa shape index (κ1) is 13.7. The normalized spacial score (nSPS) is 10.1. The van der Waals surface area contributed by atoms with Crippen LogP contribution in [0.5, 0.6) is 11.5 Å². The second-order valence-corrected chi connectivity index (χ2v) is 4.12. The summed E-state index contributed by atoms with van der Waals surface area (Å²) in [5, 5.41) is 8.87. The Bertz CT molecular complexity index is 635. The molecule has 0 bridgehead atoms. The predicted molar refractivity (Wildman–Crippen MR) is 72.3 cm³/mol. The van der Waals surface area contributed by atoms with Crippen LogP contribution in [0, 0.1) is 0 Å². The van der Waals surface area contributed by atoms with Gasteiger partial charge in [0.2, 0.25) is 0 Å². The lowest BCUT2D eigenvalue weighted by Crippen LogP contribution is -1.98. The van der Waals surface area contributed by atoms with Gasteiger partial charge in [0.15, 0.2) is 5.78 Å². The molecule has 0 aliphatic rings. The van der Waals surface area contributed by atoms with Gasteiger partial charge in [0.05, 0.1) is 11.8 Å². The van der Waals surface area contributed by atoms with E-state index in [9.17, 15) is 9.59 Å². The van der Waals surface area contributed by atoms with Crippen LogP contribution in [-0.2, 0) is 0 Å². The highest BCUT2D eigenvalue weighted by Crippen LogP contribution is 2.22. The van der Waals surface area contributed by atoms with E-state index < -0.39 is 5.97 Å². The number of carbonyl (C=O) groups excluding carboxylic acids is 1. The average Bonchev–Trinajstić information content (AvgIpc) is 2.47. The molecule has 1 N–H and O–H groups in total. The van der Waals surface area contributed by atoms with Gasteiger partial charge in [-0.1, -0.05) is 6.92 Å². The summed E-state index contributed by atoms with van der Waals surface area (Å²) in [6.07, 6.45) is 3.13. The van der Waals surface area contributed by atoms with Gasteiger partial charge >= 0.3 is 5.97 Å². The van der Waals surface area contributed by atoms with Crippen molar-refractivity contribution in [1.29, 1.82) is 0 Å². The van der Waals surface area contributed by atoms with Crippen LogP contribution in [-0.4, -0.2) is 21.8 Å². The minimum atomic E-state index is -1.06. The maximum atomic E-state index is 11.5. The lowest BCUT2D eigenvalue weighted by Gasteiger charge is -2.06. The van der Waals surface area contributed by atoms with E-state index >= 15 is 0 Å². The summed E-state index contributed by atoms with van der Waals surface area (Å²) in [4.78, 5) is 26.1. The van der Waals surface area contributed by atoms with E-state index in [4.69, 9.17) is 9.84 Å². The Hall–Kier alpha value is -2.69. The molecule has 0 fully saturated rings. The van der Waals surface area contributed by atoms with E-state index in [1.54, 1.807) is 31.2 Å². The largest absolute Gasteiger partial charge is 0.478 e. The van der Waals surface area contributed by atoms with Crippen LogP contribution in [0.4, 0.5) is 0 Å². The van der Waals surface area contributed by atoms with Gasteiger partial charge < -0.3 is 9.84 Å². The van der Waals surface area contributed by atoms with E-state index in [1.807, 2.05) is 0 Å². The maximum absolute atomic E-state index is 11.5. The van der Waals surface area contributed by atoms with E-state index in [-0.39, 0.29) is 11.3 Å². The molecule has 0 spiro atoms. The van der Waals surface area contributed by atoms with Gasteiger partial charge in [0.1, 0.15) is 11.5 Å². The van der Waals surface area contributed by atoms with Crippen molar-refractivity contribution in [1.82, 2.24) is 4.98 Å². The third-order valence-corrected chi connectivity index (χ3v) is 2.69. The van der Waals surface area contributed by atoms with Crippen LogP contribution in [0.3, 0.4) is 0 Å². The number of aromatic carboxylic acids is 1. The van der Waals surface area contributed by atoms with Crippen molar-refractivity contribution in [2.45, 2.75) is 13.3 Å². The Morgan fingerprint density at radius 3 is 2.40 bits per heavy atom. The molecular weight excluding hydrogens is 258 g/mol. The summed E-state index contributed by atoms with van der Waals surface area (Å²) in [5.74, 6) is -0.153. The fourth-order valence-electron chi connectivity index (χ4n) is 1.64. The Morgan fingerprint density at radius 2 is 1.80 bits per heavy atom. The Morgan fingerprint density at radius 1 is 1.10 bits per heavy atom. The van der Waals surface area contributed by atoms with Crippen molar-refractivity contribution in [3.05, 3.63) is 53.9 Å². The molecule has 0 radical (unpaired) electrons. The molecule has 5 nitrogen and oxygen atoms in total. The fourth-order valence-corrected chi connectivity index (χ4v) is 1.64. The first-order valence-electron chi connectivity index (χ1n) is 6.09. The highest BCUT2D eigenvalue weighted by molar-refractivity contribution is 5.95. The molecule has 0 saturated carbocycles. The third kappa shape index (κ3) is 3.20. The topological polar surface area (TPSA) is 76.5 Å². The summed E-state index contributed by atoms with van der Waals surface area (Å²) in [7, 11) is 0. The summed E-state index contributed by atoms with van der Waals surface area (Å²) in [6.45, 7) is 1.80. The molecule has 2 rings (SSSR count). The van der Waals surface area contributed by atoms with Crippen LogP contribution in [0.25, 0.3) is 0 Å². The summed E-state index contributed by atoms with van der Waals surface area (Å²) < 4.78 is 5.50. The van der Waals surface area contributed by atoms with Gasteiger partial charge in [-0.2, -0.15) is 0 Å². The highest BCUT2D eigenvalue weighted by atomic mass is 16.5. The molecule has 0 saturated heterocycles. The van der Waals surface area contributed by atoms with Gasteiger partial charge in [-0.3, -0.25) is 9.78 Å². The fraction of sp³-hybridized carbons (Fsp3) is 0.133. The number of Topliss-reactive ketones (excluding diaryl/α,β-unsaturated/α-hetero) is 1. The number of carboxylic acids is 1. The van der Waals surface area contributed by atoms with Crippen molar-refractivity contribution in [2.24, 2.45) is 0 Å². The van der Waals surface area contributed by atoms with Gasteiger partial charge in [-0.05, 0) is 30.3 Å². The quantitative estimate of drug-likeness (QED) is 0.845. The second kappa shape index (κ2) is 5.97. The number of ketones is 1. The Balaban J connectivity index is 2.16. The maximum Gasteiger partial charge on any atom is 0.337 e. The molecule has 20 heavy (non-hydrogen) atoms. The van der Waals surface area contributed by atoms with Gasteiger partial charge in [0, 0.05) is 18.2 Å². The number of benzene rings is 1. The molecule has 1 aromatic heterocycles. The van der Waals surface area contributed by atoms with Crippen molar-refractivity contribution in [3.8, 4) is 11.5 Å². The molecule has 0 amide bonds. The van der Waals surface area contributed by atoms with E-state index in [2.05, 4.69) is 4.98 Å². The number of aromatic nitrogens is 1. The van der Waals surface area contributed by atoms with Crippen molar-refractivity contribution in [3.63, 3.8) is 0 Å². The average molecular weight is 271 g/mol. The molecule has 2 aromatic rings. The number of ether oxygens (including phenoxy) is 1. The predicted octanol–water partition coefficient (Wildman–Crippen LogP) is 3.16. The van der Waals surface area contributed by atoms with Crippen molar-refractivity contribution < 1.29 is 19.4 Å².